The Morgan fingerprint density at radius 1 is 0.640 bits per heavy atom. The molecule has 6 nitrogen and oxygen atoms in total. The molecule has 0 aromatic rings. The van der Waals surface area contributed by atoms with Crippen LogP contribution in [0.1, 0.15) is 38.5 Å². The Morgan fingerprint density at radius 3 is 1.24 bits per heavy atom. The smallest absolute Gasteiger partial charge is 0.308 e. The molecule has 0 saturated carbocycles. The van der Waals surface area contributed by atoms with Crippen LogP contribution in [0.3, 0.4) is 0 Å². The van der Waals surface area contributed by atoms with Gasteiger partial charge in [-0.2, -0.15) is 0 Å². The molecular weight excluding hydrogens is 335 g/mol. The highest BCUT2D eigenvalue weighted by Gasteiger charge is 2.62. The number of hydrogen-bond donors (Lipinski definition) is 0. The normalized spacial score (nSPS) is 24.1. The van der Waals surface area contributed by atoms with Gasteiger partial charge in [0.2, 0.25) is 0 Å². The van der Waals surface area contributed by atoms with E-state index < -0.39 is 7.87 Å². The molecule has 0 radical (unpaired) electrons. The third kappa shape index (κ3) is 4.21. The second kappa shape index (κ2) is 9.93. The lowest BCUT2D eigenvalue weighted by atomic mass is 10.4. The topological polar surface area (TPSA) is 31.4 Å². The third-order valence-corrected chi connectivity index (χ3v) is 10.5. The summed E-state index contributed by atoms with van der Waals surface area (Å²) < 4.78 is 22.5. The van der Waals surface area contributed by atoms with Crippen molar-refractivity contribution in [2.45, 2.75) is 38.5 Å². The summed E-state index contributed by atoms with van der Waals surface area (Å²) in [4.78, 5) is 0. The minimum atomic E-state index is -1.64. The van der Waals surface area contributed by atoms with Crippen molar-refractivity contribution in [2.24, 2.45) is 0 Å². The fourth-order valence-corrected chi connectivity index (χ4v) is 10.1. The Labute approximate surface area is 155 Å². The van der Waals surface area contributed by atoms with E-state index in [1.54, 1.807) is 0 Å². The van der Waals surface area contributed by atoms with Crippen LogP contribution in [0.25, 0.3) is 0 Å². The summed E-state index contributed by atoms with van der Waals surface area (Å²) in [5, 5.41) is 0. The molecule has 0 aliphatic carbocycles. The van der Waals surface area contributed by atoms with Crippen molar-refractivity contribution >= 4 is 7.87 Å². The molecule has 3 aliphatic heterocycles. The maximum Gasteiger partial charge on any atom is 0.308 e. The molecule has 0 amide bonds. The predicted octanol–water partition coefficient (Wildman–Crippen LogP) is 2.55. The molecular formula is C18H38N4O2P+. The van der Waals surface area contributed by atoms with Gasteiger partial charge in [-0.15, -0.1) is 18.7 Å². The lowest BCUT2D eigenvalue weighted by Gasteiger charge is -2.48. The molecule has 25 heavy (non-hydrogen) atoms. The molecule has 3 aliphatic rings. The van der Waals surface area contributed by atoms with Gasteiger partial charge in [0.05, 0.1) is 26.3 Å². The van der Waals surface area contributed by atoms with Gasteiger partial charge in [-0.1, -0.05) is 0 Å². The molecule has 146 valence electrons. The third-order valence-electron chi connectivity index (χ3n) is 5.87. The molecule has 3 fully saturated rings. The monoisotopic (exact) mass is 373 g/mol. The minimum Gasteiger partial charge on any atom is -0.383 e. The zero-order chi connectivity index (χ0) is 17.5. The van der Waals surface area contributed by atoms with Gasteiger partial charge in [0.15, 0.2) is 0 Å². The van der Waals surface area contributed by atoms with Crippen LogP contribution >= 0.6 is 7.87 Å². The van der Waals surface area contributed by atoms with Crippen molar-refractivity contribution in [3.63, 3.8) is 0 Å². The highest BCUT2D eigenvalue weighted by atomic mass is 31.2. The molecule has 3 heterocycles. The van der Waals surface area contributed by atoms with Gasteiger partial charge in [0, 0.05) is 53.5 Å². The summed E-state index contributed by atoms with van der Waals surface area (Å²) in [5.41, 5.74) is 0. The number of methoxy groups -OCH3 is 2. The van der Waals surface area contributed by atoms with E-state index in [-0.39, 0.29) is 0 Å². The van der Waals surface area contributed by atoms with Gasteiger partial charge in [-0.25, -0.2) is 0 Å². The van der Waals surface area contributed by atoms with Gasteiger partial charge in [-0.3, -0.25) is 0 Å². The Morgan fingerprint density at radius 2 is 0.960 bits per heavy atom. The molecule has 0 aromatic heterocycles. The Kier molecular flexibility index (Phi) is 7.92. The molecule has 3 rings (SSSR count). The summed E-state index contributed by atoms with van der Waals surface area (Å²) in [6.45, 7) is 11.2. The standard InChI is InChI=1S/C18H38N4O2P/c1-23-17-15-22(16-18-24-2)25(19-9-3-4-10-19,20-11-5-6-12-20)21-13-7-8-14-21/h3-18H2,1-2H3/q+1. The SMILES string of the molecule is COCCN(CCOC)[P+](N1CCCC1)(N1CCCC1)N1CCCC1. The maximum absolute atomic E-state index is 5.52. The number of ether oxygens (including phenoxy) is 2. The fraction of sp³-hybridized carbons (Fsp3) is 1.00. The molecule has 3 saturated heterocycles. The van der Waals surface area contributed by atoms with Crippen LogP contribution in [-0.2, 0) is 9.47 Å². The lowest BCUT2D eigenvalue weighted by Crippen LogP contribution is -2.52. The van der Waals surface area contributed by atoms with Crippen LogP contribution < -0.4 is 0 Å². The molecule has 0 atom stereocenters. The summed E-state index contributed by atoms with van der Waals surface area (Å²) in [5.74, 6) is 0. The second-order valence-electron chi connectivity index (χ2n) is 7.46. The first kappa shape index (κ1) is 19.9. The van der Waals surface area contributed by atoms with Crippen molar-refractivity contribution in [1.82, 2.24) is 18.7 Å². The molecule has 0 bridgehead atoms. The van der Waals surface area contributed by atoms with E-state index in [1.165, 1.54) is 77.8 Å². The Balaban J connectivity index is 1.95. The Bertz CT molecular complexity index is 334. The maximum atomic E-state index is 5.52. The summed E-state index contributed by atoms with van der Waals surface area (Å²) in [7, 11) is 2.02. The van der Waals surface area contributed by atoms with E-state index in [1.807, 2.05) is 14.2 Å². The molecule has 0 unspecified atom stereocenters. The van der Waals surface area contributed by atoms with Crippen molar-refractivity contribution in [2.75, 3.05) is 79.8 Å². The summed E-state index contributed by atoms with van der Waals surface area (Å²) in [6.07, 6.45) is 8.12. The first-order chi connectivity index (χ1) is 12.3. The predicted molar refractivity (Wildman–Crippen MR) is 105 cm³/mol. The quantitative estimate of drug-likeness (QED) is 0.547. The summed E-state index contributed by atoms with van der Waals surface area (Å²) >= 11 is 0. The van der Waals surface area contributed by atoms with Gasteiger partial charge in [-0.05, 0) is 38.5 Å². The summed E-state index contributed by atoms with van der Waals surface area (Å²) in [6, 6.07) is 0. The van der Waals surface area contributed by atoms with Crippen LogP contribution in [0.5, 0.6) is 0 Å². The zero-order valence-electron chi connectivity index (χ0n) is 16.4. The molecule has 7 heteroatoms. The van der Waals surface area contributed by atoms with Crippen LogP contribution in [0.2, 0.25) is 0 Å². The minimum absolute atomic E-state index is 0.807. The largest absolute Gasteiger partial charge is 0.383 e. The van der Waals surface area contributed by atoms with Crippen LogP contribution in [0.15, 0.2) is 0 Å². The van der Waals surface area contributed by atoms with Crippen LogP contribution in [0.4, 0.5) is 0 Å². The van der Waals surface area contributed by atoms with Gasteiger partial charge < -0.3 is 9.47 Å². The highest BCUT2D eigenvalue weighted by molar-refractivity contribution is 7.66. The van der Waals surface area contributed by atoms with Gasteiger partial charge in [0.1, 0.15) is 0 Å². The molecule has 0 spiro atoms. The Hall–Kier alpha value is 0.190. The average molecular weight is 374 g/mol. The van der Waals surface area contributed by atoms with Gasteiger partial charge >= 0.3 is 7.87 Å². The van der Waals surface area contributed by atoms with E-state index in [0.717, 1.165) is 26.3 Å². The number of nitrogens with zero attached hydrogens (tertiary/aromatic N) is 4. The van der Waals surface area contributed by atoms with Gasteiger partial charge in [0.25, 0.3) is 0 Å². The average Bonchev–Trinajstić information content (AvgIpc) is 3.41. The van der Waals surface area contributed by atoms with E-state index in [4.69, 9.17) is 9.47 Å². The second-order valence-corrected chi connectivity index (χ2v) is 10.8. The van der Waals surface area contributed by atoms with E-state index in [9.17, 15) is 0 Å². The van der Waals surface area contributed by atoms with E-state index in [2.05, 4.69) is 18.7 Å². The first-order valence-corrected chi connectivity index (χ1v) is 11.8. The van der Waals surface area contributed by atoms with Crippen molar-refractivity contribution in [1.29, 1.82) is 0 Å². The lowest BCUT2D eigenvalue weighted by molar-refractivity contribution is 0.138. The van der Waals surface area contributed by atoms with E-state index in [0.29, 0.717) is 0 Å². The number of rotatable bonds is 10. The number of hydrogen-bond acceptors (Lipinski definition) is 6. The molecule has 0 aromatic carbocycles. The first-order valence-electron chi connectivity index (χ1n) is 10.2. The van der Waals surface area contributed by atoms with Crippen LogP contribution in [0, 0.1) is 0 Å². The highest BCUT2D eigenvalue weighted by Crippen LogP contribution is 2.72. The van der Waals surface area contributed by atoms with Crippen molar-refractivity contribution < 1.29 is 9.47 Å². The van der Waals surface area contributed by atoms with Crippen molar-refractivity contribution in [3.8, 4) is 0 Å². The van der Waals surface area contributed by atoms with Crippen LogP contribution in [-0.4, -0.2) is 98.5 Å². The van der Waals surface area contributed by atoms with Crippen molar-refractivity contribution in [3.05, 3.63) is 0 Å². The van der Waals surface area contributed by atoms with E-state index >= 15 is 0 Å². The molecule has 0 N–H and O–H groups in total. The zero-order valence-corrected chi connectivity index (χ0v) is 17.3. The fourth-order valence-electron chi connectivity index (χ4n) is 4.75.